The maximum absolute atomic E-state index is 12.0. The van der Waals surface area contributed by atoms with Crippen LogP contribution in [0.3, 0.4) is 0 Å². The monoisotopic (exact) mass is 285 g/mol. The van der Waals surface area contributed by atoms with E-state index < -0.39 is 5.97 Å². The number of likely N-dealkylation sites (tertiary alicyclic amines) is 1. The van der Waals surface area contributed by atoms with Crippen molar-refractivity contribution in [3.05, 3.63) is 0 Å². The van der Waals surface area contributed by atoms with Gasteiger partial charge in [0, 0.05) is 31.2 Å². The van der Waals surface area contributed by atoms with Gasteiger partial charge >= 0.3 is 5.97 Å². The number of hydrogen-bond donors (Lipinski definition) is 1. The minimum Gasteiger partial charge on any atom is -0.481 e. The first-order chi connectivity index (χ1) is 8.97. The molecule has 0 aromatic carbocycles. The fraction of sp³-hybridized carbons (Fsp3) is 0.769. The highest BCUT2D eigenvalue weighted by Crippen LogP contribution is 2.33. The molecule has 1 unspecified atom stereocenters. The predicted molar refractivity (Wildman–Crippen MR) is 71.8 cm³/mol. The van der Waals surface area contributed by atoms with Crippen LogP contribution in [-0.4, -0.2) is 44.8 Å². The fourth-order valence-electron chi connectivity index (χ4n) is 3.00. The summed E-state index contributed by atoms with van der Waals surface area (Å²) in [6, 6.07) is 0.167. The van der Waals surface area contributed by atoms with Crippen LogP contribution in [-0.2, 0) is 14.4 Å². The molecule has 2 aliphatic rings. The molecule has 1 aliphatic heterocycles. The van der Waals surface area contributed by atoms with Gasteiger partial charge < -0.3 is 10.0 Å². The quantitative estimate of drug-likeness (QED) is 0.850. The van der Waals surface area contributed by atoms with Crippen molar-refractivity contribution in [3.8, 4) is 0 Å². The Balaban J connectivity index is 1.88. The molecule has 0 radical (unpaired) electrons. The van der Waals surface area contributed by atoms with E-state index in [9.17, 15) is 14.4 Å². The Kier molecular flexibility index (Phi) is 4.50. The Morgan fingerprint density at radius 3 is 2.42 bits per heavy atom. The van der Waals surface area contributed by atoms with Crippen LogP contribution in [0.15, 0.2) is 0 Å². The zero-order valence-corrected chi connectivity index (χ0v) is 11.8. The Morgan fingerprint density at radius 1 is 1.26 bits per heavy atom. The Morgan fingerprint density at radius 2 is 1.89 bits per heavy atom. The number of carbonyl (C=O) groups is 3. The van der Waals surface area contributed by atoms with Crippen LogP contribution in [0, 0.1) is 5.92 Å². The van der Waals surface area contributed by atoms with Gasteiger partial charge in [-0.1, -0.05) is 11.8 Å². The fourth-order valence-corrected chi connectivity index (χ4v) is 3.93. The molecule has 1 saturated carbocycles. The molecular weight excluding hydrogens is 266 g/mol. The van der Waals surface area contributed by atoms with Gasteiger partial charge in [-0.25, -0.2) is 0 Å². The van der Waals surface area contributed by atoms with Crippen molar-refractivity contribution in [2.24, 2.45) is 5.92 Å². The van der Waals surface area contributed by atoms with Gasteiger partial charge in [0.1, 0.15) is 0 Å². The second-order valence-electron chi connectivity index (χ2n) is 5.33. The van der Waals surface area contributed by atoms with E-state index in [1.807, 2.05) is 4.90 Å². The summed E-state index contributed by atoms with van der Waals surface area (Å²) in [6.07, 6.45) is 3.26. The van der Waals surface area contributed by atoms with E-state index in [2.05, 4.69) is 0 Å². The summed E-state index contributed by atoms with van der Waals surface area (Å²) in [5, 5.41) is 9.08. The van der Waals surface area contributed by atoms with Crippen LogP contribution in [0.25, 0.3) is 0 Å². The Labute approximate surface area is 116 Å². The van der Waals surface area contributed by atoms with E-state index in [4.69, 9.17) is 5.11 Å². The van der Waals surface area contributed by atoms with Crippen molar-refractivity contribution in [3.63, 3.8) is 0 Å². The molecule has 1 atom stereocenters. The number of carboxylic acid groups (broad SMARTS) is 1. The van der Waals surface area contributed by atoms with E-state index >= 15 is 0 Å². The molecule has 6 heteroatoms. The molecule has 1 N–H and O–H groups in total. The number of hydrogen-bond acceptors (Lipinski definition) is 4. The largest absolute Gasteiger partial charge is 0.481 e. The maximum Gasteiger partial charge on any atom is 0.306 e. The number of carboxylic acids is 1. The van der Waals surface area contributed by atoms with Crippen molar-refractivity contribution >= 4 is 28.8 Å². The van der Waals surface area contributed by atoms with Crippen molar-refractivity contribution in [2.75, 3.05) is 6.54 Å². The van der Waals surface area contributed by atoms with Crippen molar-refractivity contribution in [1.29, 1.82) is 0 Å². The second kappa shape index (κ2) is 5.94. The molecule has 1 aliphatic carbocycles. The highest BCUT2D eigenvalue weighted by molar-refractivity contribution is 8.14. The summed E-state index contributed by atoms with van der Waals surface area (Å²) < 4.78 is 0. The first-order valence-electron chi connectivity index (χ1n) is 6.67. The average molecular weight is 285 g/mol. The van der Waals surface area contributed by atoms with Gasteiger partial charge in [-0.15, -0.1) is 0 Å². The lowest BCUT2D eigenvalue weighted by Gasteiger charge is -2.33. The highest BCUT2D eigenvalue weighted by Gasteiger charge is 2.37. The van der Waals surface area contributed by atoms with Gasteiger partial charge in [-0.2, -0.15) is 0 Å². The molecule has 19 heavy (non-hydrogen) atoms. The molecule has 0 aromatic rings. The third kappa shape index (κ3) is 3.49. The first-order valence-corrected chi connectivity index (χ1v) is 7.55. The number of thioether (sulfide) groups is 1. The minimum absolute atomic E-state index is 0.0502. The van der Waals surface area contributed by atoms with E-state index in [-0.39, 0.29) is 28.2 Å². The number of aliphatic carboxylic acids is 1. The normalized spacial score (nSPS) is 31.5. The predicted octanol–water partition coefficient (Wildman–Crippen LogP) is 1.51. The van der Waals surface area contributed by atoms with E-state index in [1.54, 1.807) is 0 Å². The Hall–Kier alpha value is -1.04. The number of carbonyl (C=O) groups excluding carboxylic acids is 2. The van der Waals surface area contributed by atoms with Crippen molar-refractivity contribution in [2.45, 2.75) is 50.3 Å². The first kappa shape index (κ1) is 14.4. The lowest BCUT2D eigenvalue weighted by molar-refractivity contribution is -0.143. The lowest BCUT2D eigenvalue weighted by atomic mass is 9.85. The average Bonchev–Trinajstić information content (AvgIpc) is 2.69. The third-order valence-electron chi connectivity index (χ3n) is 3.94. The van der Waals surface area contributed by atoms with Crippen LogP contribution in [0.2, 0.25) is 0 Å². The van der Waals surface area contributed by atoms with Crippen molar-refractivity contribution in [1.82, 2.24) is 4.90 Å². The summed E-state index contributed by atoms with van der Waals surface area (Å²) in [5.41, 5.74) is 0. The highest BCUT2D eigenvalue weighted by atomic mass is 32.2. The molecule has 1 heterocycles. The van der Waals surface area contributed by atoms with Gasteiger partial charge in [-0.05, 0) is 25.7 Å². The molecule has 2 fully saturated rings. The molecule has 2 rings (SSSR count). The van der Waals surface area contributed by atoms with E-state index in [0.29, 0.717) is 25.8 Å². The van der Waals surface area contributed by atoms with Crippen LogP contribution in [0.4, 0.5) is 0 Å². The van der Waals surface area contributed by atoms with Crippen LogP contribution < -0.4 is 0 Å². The molecule has 0 bridgehead atoms. The smallest absolute Gasteiger partial charge is 0.306 e. The van der Waals surface area contributed by atoms with E-state index in [1.165, 1.54) is 18.7 Å². The summed E-state index contributed by atoms with van der Waals surface area (Å²) in [5.74, 6) is -0.870. The molecule has 1 amide bonds. The van der Waals surface area contributed by atoms with Crippen LogP contribution >= 0.6 is 11.8 Å². The maximum atomic E-state index is 12.0. The molecule has 0 aromatic heterocycles. The molecular formula is C13H19NO4S. The van der Waals surface area contributed by atoms with Crippen LogP contribution in [0.5, 0.6) is 0 Å². The second-order valence-corrected chi connectivity index (χ2v) is 6.80. The van der Waals surface area contributed by atoms with Gasteiger partial charge in [0.2, 0.25) is 5.91 Å². The number of amides is 1. The molecule has 1 saturated heterocycles. The van der Waals surface area contributed by atoms with Gasteiger partial charge in [0.05, 0.1) is 5.92 Å². The van der Waals surface area contributed by atoms with Gasteiger partial charge in [0.15, 0.2) is 5.12 Å². The summed E-state index contributed by atoms with van der Waals surface area (Å²) >= 11 is 1.24. The zero-order valence-electron chi connectivity index (χ0n) is 11.0. The minimum atomic E-state index is -0.726. The standard InChI is InChI=1S/C13H19NO4S/c1-8(15)19-11-6-12(16)14(7-11)10-4-2-9(3-5-10)13(17)18/h9-11H,2-7H2,1H3,(H,17,18). The SMILES string of the molecule is CC(=O)SC1CC(=O)N(C2CCC(C(=O)O)CC2)C1. The summed E-state index contributed by atoms with van der Waals surface area (Å²) in [7, 11) is 0. The lowest BCUT2D eigenvalue weighted by Crippen LogP contribution is -2.40. The van der Waals surface area contributed by atoms with Crippen molar-refractivity contribution < 1.29 is 19.5 Å². The van der Waals surface area contributed by atoms with Gasteiger partial charge in [-0.3, -0.25) is 14.4 Å². The Bertz CT molecular complexity index is 390. The van der Waals surface area contributed by atoms with Crippen LogP contribution in [0.1, 0.15) is 39.0 Å². The number of nitrogens with zero attached hydrogens (tertiary/aromatic N) is 1. The van der Waals surface area contributed by atoms with Gasteiger partial charge in [0.25, 0.3) is 0 Å². The van der Waals surface area contributed by atoms with E-state index in [0.717, 1.165) is 12.8 Å². The molecule has 106 valence electrons. The number of rotatable bonds is 3. The molecule has 5 nitrogen and oxygen atoms in total. The zero-order chi connectivity index (χ0) is 14.0. The topological polar surface area (TPSA) is 74.7 Å². The molecule has 0 spiro atoms. The summed E-state index contributed by atoms with van der Waals surface area (Å²) in [4.78, 5) is 35.8. The summed E-state index contributed by atoms with van der Waals surface area (Å²) in [6.45, 7) is 2.15. The third-order valence-corrected chi connectivity index (χ3v) is 4.92.